The first-order valence-corrected chi connectivity index (χ1v) is 12.8. The van der Waals surface area contributed by atoms with Gasteiger partial charge in [0.1, 0.15) is 22.2 Å². The molecule has 1 aliphatic rings. The molecule has 1 fully saturated rings. The molecule has 34 heavy (non-hydrogen) atoms. The zero-order chi connectivity index (χ0) is 24.3. The Morgan fingerprint density at radius 2 is 1.74 bits per heavy atom. The van der Waals surface area contributed by atoms with Gasteiger partial charge in [0.2, 0.25) is 10.0 Å². The molecule has 0 aliphatic carbocycles. The van der Waals surface area contributed by atoms with Crippen molar-refractivity contribution >= 4 is 10.0 Å². The molecule has 1 saturated heterocycles. The Morgan fingerprint density at radius 3 is 2.35 bits per heavy atom. The minimum absolute atomic E-state index is 0.00308. The van der Waals surface area contributed by atoms with Crippen LogP contribution in [-0.2, 0) is 23.1 Å². The zero-order valence-electron chi connectivity index (χ0n) is 19.7. The van der Waals surface area contributed by atoms with Crippen LogP contribution in [0, 0.1) is 0 Å². The summed E-state index contributed by atoms with van der Waals surface area (Å²) in [6, 6.07) is 14.5. The maximum atomic E-state index is 13.4. The van der Waals surface area contributed by atoms with Crippen molar-refractivity contribution < 1.29 is 17.9 Å². The lowest BCUT2D eigenvalue weighted by Crippen LogP contribution is -2.38. The number of piperidine rings is 1. The Labute approximate surface area is 199 Å². The van der Waals surface area contributed by atoms with Gasteiger partial charge >= 0.3 is 5.69 Å². The van der Waals surface area contributed by atoms with Gasteiger partial charge in [-0.05, 0) is 37.5 Å². The van der Waals surface area contributed by atoms with Gasteiger partial charge in [-0.15, -0.1) is 0 Å². The fourth-order valence-electron chi connectivity index (χ4n) is 4.40. The Kier molecular flexibility index (Phi) is 7.08. The molecule has 0 radical (unpaired) electrons. The largest absolute Gasteiger partial charge is 0.497 e. The maximum absolute atomic E-state index is 13.4. The van der Waals surface area contributed by atoms with Gasteiger partial charge in [0.25, 0.3) is 0 Å². The topological polar surface area (TPSA) is 95.7 Å². The number of hydrogen-bond acceptors (Lipinski definition) is 6. The molecule has 0 spiro atoms. The van der Waals surface area contributed by atoms with Crippen LogP contribution in [0.1, 0.15) is 37.1 Å². The monoisotopic (exact) mass is 486 g/mol. The van der Waals surface area contributed by atoms with E-state index in [0.717, 1.165) is 11.4 Å². The number of aromatic nitrogens is 3. The molecular weight excluding hydrogens is 456 g/mol. The molecule has 0 saturated carbocycles. The normalized spacial score (nSPS) is 15.4. The fraction of sp³-hybridized carbons (Fsp3) is 0.417. The highest BCUT2D eigenvalue weighted by Gasteiger charge is 2.34. The van der Waals surface area contributed by atoms with Gasteiger partial charge in [-0.25, -0.2) is 17.9 Å². The lowest BCUT2D eigenvalue weighted by molar-refractivity contribution is 0.306. The molecular formula is C24H30N4O5S. The van der Waals surface area contributed by atoms with E-state index in [1.54, 1.807) is 16.7 Å². The molecule has 1 aromatic heterocycles. The van der Waals surface area contributed by atoms with Crippen molar-refractivity contribution in [1.82, 2.24) is 18.7 Å². The van der Waals surface area contributed by atoms with E-state index in [1.807, 2.05) is 37.3 Å². The van der Waals surface area contributed by atoms with E-state index in [2.05, 4.69) is 5.10 Å². The van der Waals surface area contributed by atoms with Crippen molar-refractivity contribution in [2.45, 2.75) is 43.7 Å². The van der Waals surface area contributed by atoms with Gasteiger partial charge in [-0.3, -0.25) is 4.57 Å². The minimum atomic E-state index is -3.77. The highest BCUT2D eigenvalue weighted by atomic mass is 32.2. The molecule has 0 bridgehead atoms. The van der Waals surface area contributed by atoms with Crippen LogP contribution in [0.2, 0.25) is 0 Å². The van der Waals surface area contributed by atoms with Crippen LogP contribution in [-0.4, -0.2) is 54.4 Å². The third-order valence-corrected chi connectivity index (χ3v) is 8.17. The van der Waals surface area contributed by atoms with Crippen LogP contribution in [0.25, 0.3) is 0 Å². The predicted molar refractivity (Wildman–Crippen MR) is 128 cm³/mol. The van der Waals surface area contributed by atoms with Crippen LogP contribution < -0.4 is 15.2 Å². The minimum Gasteiger partial charge on any atom is -0.497 e. The Hall–Kier alpha value is -3.11. The summed E-state index contributed by atoms with van der Waals surface area (Å²) in [5.74, 6) is 1.45. The molecule has 0 amide bonds. The summed E-state index contributed by atoms with van der Waals surface area (Å²) in [5, 5.41) is 4.66. The summed E-state index contributed by atoms with van der Waals surface area (Å²) in [6.45, 7) is 3.51. The van der Waals surface area contributed by atoms with Crippen LogP contribution in [0.4, 0.5) is 0 Å². The molecule has 0 N–H and O–H groups in total. The van der Waals surface area contributed by atoms with Crippen LogP contribution in [0.15, 0.2) is 58.2 Å². The molecule has 2 heterocycles. The van der Waals surface area contributed by atoms with Crippen molar-refractivity contribution in [3.8, 4) is 11.5 Å². The number of ether oxygens (including phenoxy) is 2. The highest BCUT2D eigenvalue weighted by molar-refractivity contribution is 7.89. The summed E-state index contributed by atoms with van der Waals surface area (Å²) in [4.78, 5) is 13.0. The van der Waals surface area contributed by atoms with E-state index in [0.29, 0.717) is 44.8 Å². The van der Waals surface area contributed by atoms with Gasteiger partial charge in [0, 0.05) is 31.6 Å². The second-order valence-electron chi connectivity index (χ2n) is 8.22. The lowest BCUT2D eigenvalue weighted by Gasteiger charge is -2.31. The molecule has 3 aromatic rings. The molecule has 0 atom stereocenters. The Balaban J connectivity index is 1.54. The molecule has 9 nitrogen and oxygen atoms in total. The van der Waals surface area contributed by atoms with E-state index in [4.69, 9.17) is 9.47 Å². The molecule has 0 unspecified atom stereocenters. The maximum Gasteiger partial charge on any atom is 0.346 e. The first-order valence-electron chi connectivity index (χ1n) is 11.3. The molecule has 2 aromatic carbocycles. The first kappa shape index (κ1) is 24.0. The zero-order valence-corrected chi connectivity index (χ0v) is 20.5. The SMILES string of the molecule is CCn1c(C2CCN(S(=O)(=O)c3cc(OC)ccc3OC)CC2)nn(Cc2ccccc2)c1=O. The quantitative estimate of drug-likeness (QED) is 0.486. The summed E-state index contributed by atoms with van der Waals surface area (Å²) in [5.41, 5.74) is 0.863. The third-order valence-electron chi connectivity index (χ3n) is 6.25. The third kappa shape index (κ3) is 4.60. The Morgan fingerprint density at radius 1 is 1.03 bits per heavy atom. The summed E-state index contributed by atoms with van der Waals surface area (Å²) >= 11 is 0. The number of methoxy groups -OCH3 is 2. The lowest BCUT2D eigenvalue weighted by atomic mass is 9.97. The standard InChI is InChI=1S/C24H30N4O5S/c1-4-27-23(25-28(24(27)29)17-18-8-6-5-7-9-18)19-12-14-26(15-13-19)34(30,31)22-16-20(32-2)10-11-21(22)33-3/h5-11,16,19H,4,12-15,17H2,1-3H3. The average Bonchev–Trinajstić information content (AvgIpc) is 3.19. The van der Waals surface area contributed by atoms with Gasteiger partial charge in [-0.2, -0.15) is 9.40 Å². The van der Waals surface area contributed by atoms with Crippen molar-refractivity contribution in [2.75, 3.05) is 27.3 Å². The molecule has 1 aliphatic heterocycles. The van der Waals surface area contributed by atoms with E-state index in [9.17, 15) is 13.2 Å². The number of hydrogen-bond donors (Lipinski definition) is 0. The van der Waals surface area contributed by atoms with E-state index in [-0.39, 0.29) is 22.3 Å². The van der Waals surface area contributed by atoms with E-state index < -0.39 is 10.0 Å². The van der Waals surface area contributed by atoms with Crippen molar-refractivity contribution in [1.29, 1.82) is 0 Å². The fourth-order valence-corrected chi connectivity index (χ4v) is 6.04. The van der Waals surface area contributed by atoms with Gasteiger partial charge < -0.3 is 9.47 Å². The first-order chi connectivity index (χ1) is 16.4. The van der Waals surface area contributed by atoms with Gasteiger partial charge in [-0.1, -0.05) is 30.3 Å². The van der Waals surface area contributed by atoms with Gasteiger partial charge in [0.15, 0.2) is 0 Å². The average molecular weight is 487 g/mol. The number of nitrogens with zero attached hydrogens (tertiary/aromatic N) is 4. The number of benzene rings is 2. The molecule has 4 rings (SSSR count). The van der Waals surface area contributed by atoms with Crippen molar-refractivity contribution in [2.24, 2.45) is 0 Å². The predicted octanol–water partition coefficient (Wildman–Crippen LogP) is 2.70. The summed E-state index contributed by atoms with van der Waals surface area (Å²) < 4.78 is 41.9. The van der Waals surface area contributed by atoms with Crippen LogP contribution >= 0.6 is 0 Å². The highest BCUT2D eigenvalue weighted by Crippen LogP contribution is 2.34. The van der Waals surface area contributed by atoms with Crippen LogP contribution in [0.5, 0.6) is 11.5 Å². The molecule has 10 heteroatoms. The smallest absolute Gasteiger partial charge is 0.346 e. The van der Waals surface area contributed by atoms with E-state index >= 15 is 0 Å². The Bertz CT molecular complexity index is 1290. The summed E-state index contributed by atoms with van der Waals surface area (Å²) in [6.07, 6.45) is 1.15. The second kappa shape index (κ2) is 10.0. The van der Waals surface area contributed by atoms with Gasteiger partial charge in [0.05, 0.1) is 20.8 Å². The number of sulfonamides is 1. The van der Waals surface area contributed by atoms with E-state index in [1.165, 1.54) is 29.3 Å². The molecule has 182 valence electrons. The van der Waals surface area contributed by atoms with Crippen LogP contribution in [0.3, 0.4) is 0 Å². The van der Waals surface area contributed by atoms with Crippen molar-refractivity contribution in [3.63, 3.8) is 0 Å². The number of rotatable bonds is 8. The van der Waals surface area contributed by atoms with Crippen molar-refractivity contribution in [3.05, 3.63) is 70.4 Å². The second-order valence-corrected chi connectivity index (χ2v) is 10.1. The summed E-state index contributed by atoms with van der Waals surface area (Å²) in [7, 11) is -0.827.